The van der Waals surface area contributed by atoms with E-state index in [2.05, 4.69) is 0 Å². The lowest BCUT2D eigenvalue weighted by molar-refractivity contribution is -0.205. The lowest BCUT2D eigenvalue weighted by Crippen LogP contribution is -2.34. The molecule has 4 nitrogen and oxygen atoms in total. The highest BCUT2D eigenvalue weighted by Gasteiger charge is 2.50. The van der Waals surface area contributed by atoms with Gasteiger partial charge in [-0.15, -0.1) is 0 Å². The summed E-state index contributed by atoms with van der Waals surface area (Å²) in [5, 5.41) is 0. The quantitative estimate of drug-likeness (QED) is 0.575. The molecule has 0 aliphatic heterocycles. The van der Waals surface area contributed by atoms with Crippen LogP contribution in [-0.2, 0) is 10.4 Å². The van der Waals surface area contributed by atoms with Crippen LogP contribution in [0.15, 0.2) is 0 Å². The molecule has 0 fully saturated rings. The molecular formula is C3H4F6O4S. The van der Waals surface area contributed by atoms with Gasteiger partial charge >= 0.3 is 29.2 Å². The third-order valence-corrected chi connectivity index (χ3v) is 0.582. The Morgan fingerprint density at radius 2 is 1.07 bits per heavy atom. The molecule has 11 heteroatoms. The van der Waals surface area contributed by atoms with Crippen molar-refractivity contribution in [3.05, 3.63) is 0 Å². The van der Waals surface area contributed by atoms with Gasteiger partial charge in [0.1, 0.15) is 0 Å². The number of alkyl halides is 6. The third kappa shape index (κ3) is 9.54. The molecule has 2 N–H and O–H groups in total. The topological polar surface area (TPSA) is 74.6 Å². The van der Waals surface area contributed by atoms with E-state index >= 15 is 0 Å². The Bertz CT molecular complexity index is 230. The highest BCUT2D eigenvalue weighted by Crippen LogP contribution is 2.29. The number of hydrogen-bond acceptors (Lipinski definition) is 2. The number of hydrogen-bond donors (Lipinski definition) is 2. The van der Waals surface area contributed by atoms with Gasteiger partial charge in [0.05, 0.1) is 0 Å². The van der Waals surface area contributed by atoms with Crippen molar-refractivity contribution < 1.29 is 43.9 Å². The molecule has 0 saturated carbocycles. The van der Waals surface area contributed by atoms with Gasteiger partial charge in [-0.25, -0.2) is 17.6 Å². The van der Waals surface area contributed by atoms with Gasteiger partial charge in [0.25, 0.3) is 0 Å². The summed E-state index contributed by atoms with van der Waals surface area (Å²) >= 11 is 0. The summed E-state index contributed by atoms with van der Waals surface area (Å²) in [6.45, 7) is 0. The Morgan fingerprint density at radius 3 is 1.07 bits per heavy atom. The summed E-state index contributed by atoms with van der Waals surface area (Å²) < 4.78 is 97.3. The first-order chi connectivity index (χ1) is 5.89. The fourth-order valence-corrected chi connectivity index (χ4v) is 0.0952. The van der Waals surface area contributed by atoms with Gasteiger partial charge in [-0.2, -0.15) is 17.2 Å². The fraction of sp³-hybridized carbons (Fsp3) is 1.00. The Balaban J connectivity index is 0. The van der Waals surface area contributed by atoms with Crippen LogP contribution >= 0.6 is 0 Å². The van der Waals surface area contributed by atoms with E-state index < -0.39 is 29.2 Å². The smallest absolute Gasteiger partial charge is 0.264 e. The number of rotatable bonds is 2. The first-order valence-electron chi connectivity index (χ1n) is 2.53. The zero-order valence-electron chi connectivity index (χ0n) is 6.04. The normalized spacial score (nSPS) is 12.7. The molecule has 0 spiro atoms. The van der Waals surface area contributed by atoms with Crippen molar-refractivity contribution in [2.24, 2.45) is 0 Å². The Labute approximate surface area is 74.1 Å². The molecule has 14 heavy (non-hydrogen) atoms. The second-order valence-corrected chi connectivity index (χ2v) is 2.62. The van der Waals surface area contributed by atoms with E-state index in [4.69, 9.17) is 17.5 Å². The zero-order valence-corrected chi connectivity index (χ0v) is 6.86. The zero-order chi connectivity index (χ0) is 12.2. The van der Waals surface area contributed by atoms with Crippen LogP contribution in [0.3, 0.4) is 0 Å². The van der Waals surface area contributed by atoms with E-state index in [1.54, 1.807) is 0 Å². The van der Waals surface area contributed by atoms with Gasteiger partial charge in [-0.1, -0.05) is 0 Å². The second kappa shape index (κ2) is 5.36. The molecule has 0 aliphatic rings. The predicted octanol–water partition coefficient (Wildman–Crippen LogP) is 1.50. The molecule has 88 valence electrons. The van der Waals surface area contributed by atoms with Crippen LogP contribution in [0.4, 0.5) is 26.3 Å². The Morgan fingerprint density at radius 1 is 0.929 bits per heavy atom. The minimum absolute atomic E-state index is 4.29. The molecule has 0 aromatic heterocycles. The first-order valence-corrected chi connectivity index (χ1v) is 3.92. The Hall–Kier alpha value is -0.550. The van der Waals surface area contributed by atoms with Crippen LogP contribution in [0, 0.1) is 0 Å². The molecule has 0 bridgehead atoms. The molecular weight excluding hydrogens is 246 g/mol. The summed E-state index contributed by atoms with van der Waals surface area (Å²) in [5.41, 5.74) is 0. The highest BCUT2D eigenvalue weighted by atomic mass is 32.3. The molecule has 0 atom stereocenters. The molecule has 0 aromatic rings. The highest BCUT2D eigenvalue weighted by molar-refractivity contribution is 7.79. The van der Waals surface area contributed by atoms with Crippen molar-refractivity contribution in [1.29, 1.82) is 0 Å². The van der Waals surface area contributed by atoms with Crippen LogP contribution in [0.2, 0.25) is 0 Å². The second-order valence-electron chi connectivity index (χ2n) is 1.72. The van der Waals surface area contributed by atoms with Crippen LogP contribution in [0.5, 0.6) is 0 Å². The summed E-state index contributed by atoms with van der Waals surface area (Å²) in [7, 11) is -4.67. The first kappa shape index (κ1) is 15.9. The van der Waals surface area contributed by atoms with Crippen molar-refractivity contribution in [2.75, 3.05) is 0 Å². The van der Waals surface area contributed by atoms with E-state index in [0.717, 1.165) is 0 Å². The van der Waals surface area contributed by atoms with Crippen molar-refractivity contribution >= 4 is 10.4 Å². The van der Waals surface area contributed by atoms with E-state index in [1.165, 1.54) is 0 Å². The maximum Gasteiger partial charge on any atom is 0.394 e. The van der Waals surface area contributed by atoms with Crippen LogP contribution < -0.4 is 0 Å². The lowest BCUT2D eigenvalue weighted by Gasteiger charge is -2.12. The van der Waals surface area contributed by atoms with Gasteiger partial charge in [0.15, 0.2) is 0 Å². The van der Waals surface area contributed by atoms with Crippen molar-refractivity contribution in [1.82, 2.24) is 0 Å². The molecule has 0 rings (SSSR count). The van der Waals surface area contributed by atoms with Gasteiger partial charge in [-0.3, -0.25) is 9.11 Å². The maximum atomic E-state index is 11.2. The number of halogens is 6. The predicted molar refractivity (Wildman–Crippen MR) is 31.1 cm³/mol. The maximum absolute atomic E-state index is 11.2. The van der Waals surface area contributed by atoms with Gasteiger partial charge < -0.3 is 0 Å². The summed E-state index contributed by atoms with van der Waals surface area (Å²) in [6, 6.07) is 0. The van der Waals surface area contributed by atoms with Crippen molar-refractivity contribution in [2.45, 2.75) is 18.8 Å². The van der Waals surface area contributed by atoms with E-state index in [0.29, 0.717) is 0 Å². The molecule has 0 saturated heterocycles. The van der Waals surface area contributed by atoms with E-state index in [-0.39, 0.29) is 0 Å². The minimum atomic E-state index is -5.17. The van der Waals surface area contributed by atoms with Gasteiger partial charge in [0.2, 0.25) is 0 Å². The Kier molecular flexibility index (Phi) is 6.09. The molecule has 0 heterocycles. The van der Waals surface area contributed by atoms with E-state index in [9.17, 15) is 26.3 Å². The fourth-order valence-electron chi connectivity index (χ4n) is 0.0952. The molecule has 0 aliphatic carbocycles. The molecule has 0 radical (unpaired) electrons. The monoisotopic (exact) mass is 250 g/mol. The molecule has 0 unspecified atom stereocenters. The van der Waals surface area contributed by atoms with Crippen LogP contribution in [0.1, 0.15) is 0 Å². The summed E-state index contributed by atoms with van der Waals surface area (Å²) in [4.78, 5) is 0. The molecule has 0 aromatic carbocycles. The van der Waals surface area contributed by atoms with Crippen LogP contribution in [0.25, 0.3) is 0 Å². The summed E-state index contributed by atoms with van der Waals surface area (Å²) in [5.74, 6) is -5.17. The third-order valence-electron chi connectivity index (χ3n) is 0.582. The SMILES string of the molecule is FC(F)C(F)(F)C(F)F.O=S(=O)(O)O. The molecule has 0 amide bonds. The average Bonchev–Trinajstić information content (AvgIpc) is 1.82. The summed E-state index contributed by atoms with van der Waals surface area (Å²) in [6.07, 6.45) is -8.59. The van der Waals surface area contributed by atoms with Crippen molar-refractivity contribution in [3.63, 3.8) is 0 Å². The van der Waals surface area contributed by atoms with E-state index in [1.807, 2.05) is 0 Å². The minimum Gasteiger partial charge on any atom is -0.264 e. The van der Waals surface area contributed by atoms with Crippen LogP contribution in [-0.4, -0.2) is 36.3 Å². The van der Waals surface area contributed by atoms with Gasteiger partial charge in [0, 0.05) is 0 Å². The average molecular weight is 250 g/mol. The van der Waals surface area contributed by atoms with Gasteiger partial charge in [-0.05, 0) is 0 Å². The lowest BCUT2D eigenvalue weighted by atomic mass is 10.4. The largest absolute Gasteiger partial charge is 0.394 e. The standard InChI is InChI=1S/C3H2F6.H2O4S/c4-1(5)3(8,9)2(6)7;1-5(2,3)4/h1-2H;(H2,1,2,3,4). The van der Waals surface area contributed by atoms with Crippen molar-refractivity contribution in [3.8, 4) is 0 Å².